The lowest BCUT2D eigenvalue weighted by Crippen LogP contribution is -2.35. The Morgan fingerprint density at radius 1 is 1.19 bits per heavy atom. The molecule has 0 aliphatic carbocycles. The Hall–Kier alpha value is -1.96. The summed E-state index contributed by atoms with van der Waals surface area (Å²) >= 11 is 8.36. The number of carbonyl (C=O) groups is 1. The number of hydrogen-bond acceptors (Lipinski definition) is 5. The van der Waals surface area contributed by atoms with Crippen LogP contribution in [0.25, 0.3) is 5.69 Å². The molecule has 0 fully saturated rings. The van der Waals surface area contributed by atoms with Crippen LogP contribution in [0.5, 0.6) is 0 Å². The number of amides is 1. The number of nitrogens with zero attached hydrogens (tertiary/aromatic N) is 3. The van der Waals surface area contributed by atoms with Gasteiger partial charge < -0.3 is 4.90 Å². The van der Waals surface area contributed by atoms with E-state index in [9.17, 15) is 4.79 Å². The van der Waals surface area contributed by atoms with Crippen LogP contribution in [-0.4, -0.2) is 27.5 Å². The average molecular weight is 400 g/mol. The highest BCUT2D eigenvalue weighted by atomic mass is 32.2. The van der Waals surface area contributed by atoms with Crippen molar-refractivity contribution in [3.8, 4) is 5.69 Å². The minimum absolute atomic E-state index is 0.118. The molecule has 4 nitrogen and oxygen atoms in total. The topological polar surface area (TPSA) is 38.1 Å². The quantitative estimate of drug-likeness (QED) is 0.469. The van der Waals surface area contributed by atoms with Gasteiger partial charge in [0.1, 0.15) is 0 Å². The highest BCUT2D eigenvalue weighted by molar-refractivity contribution is 8.02. The molecule has 1 aliphatic heterocycles. The number of para-hydroxylation sites is 2. The predicted octanol–water partition coefficient (Wildman–Crippen LogP) is 4.73. The van der Waals surface area contributed by atoms with Crippen LogP contribution in [0.15, 0.2) is 58.9 Å². The zero-order valence-corrected chi connectivity index (χ0v) is 16.6. The van der Waals surface area contributed by atoms with Gasteiger partial charge in [0.15, 0.2) is 8.29 Å². The Kier molecular flexibility index (Phi) is 4.93. The number of rotatable bonds is 4. The summed E-state index contributed by atoms with van der Waals surface area (Å²) in [7, 11) is 0. The monoisotopic (exact) mass is 399 g/mol. The number of hydrogen-bond donors (Lipinski definition) is 0. The number of fused-ring (bicyclic) bond motifs is 1. The van der Waals surface area contributed by atoms with E-state index in [0.717, 1.165) is 28.7 Å². The summed E-state index contributed by atoms with van der Waals surface area (Å²) < 4.78 is 3.25. The number of anilines is 1. The lowest BCUT2D eigenvalue weighted by Gasteiger charge is -2.20. The number of aromatic nitrogens is 2. The smallest absolute Gasteiger partial charge is 0.240 e. The Bertz CT molecular complexity index is 997. The predicted molar refractivity (Wildman–Crippen MR) is 110 cm³/mol. The van der Waals surface area contributed by atoms with Crippen LogP contribution in [0.4, 0.5) is 5.69 Å². The van der Waals surface area contributed by atoms with E-state index in [4.69, 9.17) is 12.2 Å². The van der Waals surface area contributed by atoms with E-state index < -0.39 is 0 Å². The molecule has 0 saturated carbocycles. The minimum atomic E-state index is -0.217. The molecule has 0 N–H and O–H groups in total. The van der Waals surface area contributed by atoms with E-state index >= 15 is 0 Å². The Labute approximate surface area is 165 Å². The number of benzene rings is 2. The molecular weight excluding hydrogens is 382 g/mol. The fourth-order valence-corrected chi connectivity index (χ4v) is 5.60. The summed E-state index contributed by atoms with van der Waals surface area (Å²) in [6.07, 6.45) is 0.918. The standard InChI is InChI=1S/C19H17N3OS3/c1-13(17(23)21-12-11-14-7-5-6-10-16(14)21)25-18-20-22(19(24)26-18)15-8-3-2-4-9-15/h2-10,13H,11-12H2,1H3/t13-/m0/s1. The molecule has 7 heteroatoms. The first-order valence-corrected chi connectivity index (χ1v) is 10.5. The van der Waals surface area contributed by atoms with E-state index in [0.29, 0.717) is 3.95 Å². The van der Waals surface area contributed by atoms with Gasteiger partial charge in [-0.2, -0.15) is 0 Å². The molecule has 1 aliphatic rings. The molecule has 0 bridgehead atoms. The SMILES string of the molecule is C[C@H](Sc1nn(-c2ccccc2)c(=S)s1)C(=O)N1CCc2ccccc21. The molecule has 2 aromatic carbocycles. The summed E-state index contributed by atoms with van der Waals surface area (Å²) in [5.41, 5.74) is 3.21. The third kappa shape index (κ3) is 3.34. The van der Waals surface area contributed by atoms with Gasteiger partial charge >= 0.3 is 0 Å². The van der Waals surface area contributed by atoms with Crippen molar-refractivity contribution in [2.75, 3.05) is 11.4 Å². The van der Waals surface area contributed by atoms with Gasteiger partial charge in [-0.15, -0.1) is 5.10 Å². The second-order valence-electron chi connectivity index (χ2n) is 6.01. The van der Waals surface area contributed by atoms with Gasteiger partial charge in [0.2, 0.25) is 5.91 Å². The number of carbonyl (C=O) groups excluding carboxylic acids is 1. The van der Waals surface area contributed by atoms with Crippen molar-refractivity contribution in [2.24, 2.45) is 0 Å². The summed E-state index contributed by atoms with van der Waals surface area (Å²) in [5.74, 6) is 0.118. The third-order valence-electron chi connectivity index (χ3n) is 4.31. The second-order valence-corrected chi connectivity index (χ2v) is 9.22. The van der Waals surface area contributed by atoms with Crippen molar-refractivity contribution in [2.45, 2.75) is 22.9 Å². The van der Waals surface area contributed by atoms with Crippen LogP contribution in [-0.2, 0) is 11.2 Å². The maximum atomic E-state index is 12.9. The molecule has 0 spiro atoms. The molecule has 1 amide bonds. The van der Waals surface area contributed by atoms with Gasteiger partial charge in [0, 0.05) is 12.2 Å². The van der Waals surface area contributed by atoms with Crippen LogP contribution in [0.3, 0.4) is 0 Å². The van der Waals surface area contributed by atoms with Crippen molar-refractivity contribution >= 4 is 46.9 Å². The molecule has 26 heavy (non-hydrogen) atoms. The van der Waals surface area contributed by atoms with E-state index in [-0.39, 0.29) is 11.2 Å². The molecule has 0 saturated heterocycles. The minimum Gasteiger partial charge on any atom is -0.311 e. The fourth-order valence-electron chi connectivity index (χ4n) is 3.03. The highest BCUT2D eigenvalue weighted by Crippen LogP contribution is 2.33. The van der Waals surface area contributed by atoms with Gasteiger partial charge in [-0.25, -0.2) is 4.68 Å². The summed E-state index contributed by atoms with van der Waals surface area (Å²) in [6.45, 7) is 2.68. The Balaban J connectivity index is 1.51. The molecule has 1 aromatic heterocycles. The van der Waals surface area contributed by atoms with Crippen molar-refractivity contribution in [1.82, 2.24) is 9.78 Å². The van der Waals surface area contributed by atoms with Gasteiger partial charge in [0.25, 0.3) is 0 Å². The first kappa shape index (κ1) is 17.5. The lowest BCUT2D eigenvalue weighted by molar-refractivity contribution is -0.117. The molecule has 4 rings (SSSR count). The molecular formula is C19H17N3OS3. The molecule has 3 aromatic rings. The lowest BCUT2D eigenvalue weighted by atomic mass is 10.2. The first-order chi connectivity index (χ1) is 12.6. The molecule has 1 atom stereocenters. The van der Waals surface area contributed by atoms with E-state index in [1.165, 1.54) is 28.7 Å². The zero-order chi connectivity index (χ0) is 18.1. The zero-order valence-electron chi connectivity index (χ0n) is 14.2. The molecule has 0 unspecified atom stereocenters. The first-order valence-electron chi connectivity index (χ1n) is 8.35. The number of thioether (sulfide) groups is 1. The van der Waals surface area contributed by atoms with Crippen LogP contribution in [0, 0.1) is 3.95 Å². The fraction of sp³-hybridized carbons (Fsp3) is 0.211. The largest absolute Gasteiger partial charge is 0.311 e. The normalized spacial score (nSPS) is 14.3. The van der Waals surface area contributed by atoms with E-state index in [2.05, 4.69) is 11.2 Å². The second kappa shape index (κ2) is 7.34. The maximum Gasteiger partial charge on any atom is 0.240 e. The maximum absolute atomic E-state index is 12.9. The van der Waals surface area contributed by atoms with Crippen molar-refractivity contribution < 1.29 is 4.79 Å². The summed E-state index contributed by atoms with van der Waals surface area (Å²) in [5, 5.41) is 4.38. The van der Waals surface area contributed by atoms with E-state index in [1.807, 2.05) is 60.4 Å². The van der Waals surface area contributed by atoms with Gasteiger partial charge in [-0.3, -0.25) is 4.79 Å². The molecule has 132 valence electrons. The van der Waals surface area contributed by atoms with Crippen LogP contribution < -0.4 is 4.90 Å². The Morgan fingerprint density at radius 2 is 1.92 bits per heavy atom. The van der Waals surface area contributed by atoms with Gasteiger partial charge in [-0.05, 0) is 49.3 Å². The van der Waals surface area contributed by atoms with E-state index in [1.54, 1.807) is 4.68 Å². The summed E-state index contributed by atoms with van der Waals surface area (Å²) in [6, 6.07) is 17.9. The van der Waals surface area contributed by atoms with Crippen LogP contribution in [0.1, 0.15) is 12.5 Å². The van der Waals surface area contributed by atoms with Crippen LogP contribution in [0.2, 0.25) is 0 Å². The average Bonchev–Trinajstić information content (AvgIpc) is 3.25. The highest BCUT2D eigenvalue weighted by Gasteiger charge is 2.28. The van der Waals surface area contributed by atoms with Crippen molar-refractivity contribution in [1.29, 1.82) is 0 Å². The Morgan fingerprint density at radius 3 is 2.73 bits per heavy atom. The summed E-state index contributed by atoms with van der Waals surface area (Å²) in [4.78, 5) is 14.8. The van der Waals surface area contributed by atoms with Crippen molar-refractivity contribution in [3.63, 3.8) is 0 Å². The molecule has 2 heterocycles. The van der Waals surface area contributed by atoms with Crippen LogP contribution >= 0.6 is 35.3 Å². The molecule has 0 radical (unpaired) electrons. The third-order valence-corrected chi connectivity index (χ3v) is 6.71. The van der Waals surface area contributed by atoms with Gasteiger partial charge in [0.05, 0.1) is 10.9 Å². The van der Waals surface area contributed by atoms with Crippen molar-refractivity contribution in [3.05, 3.63) is 64.1 Å². The van der Waals surface area contributed by atoms with Gasteiger partial charge in [-0.1, -0.05) is 59.5 Å².